The Morgan fingerprint density at radius 1 is 1.59 bits per heavy atom. The molecule has 0 bridgehead atoms. The largest absolute Gasteiger partial charge is 0.327 e. The molecule has 0 heterocycles. The molecule has 0 saturated carbocycles. The second kappa shape index (κ2) is 5.93. The first-order valence-corrected chi connectivity index (χ1v) is 5.71. The van der Waals surface area contributed by atoms with Gasteiger partial charge < -0.3 is 5.73 Å². The third-order valence-electron chi connectivity index (χ3n) is 2.46. The van der Waals surface area contributed by atoms with Gasteiger partial charge in [-0.2, -0.15) is 0 Å². The zero-order valence-electron chi connectivity index (χ0n) is 9.45. The van der Waals surface area contributed by atoms with Gasteiger partial charge in [-0.15, -0.1) is 0 Å². The summed E-state index contributed by atoms with van der Waals surface area (Å²) >= 11 is 5.52. The molecule has 0 aliphatic carbocycles. The Morgan fingerprint density at radius 3 is 2.76 bits per heavy atom. The molecular formula is C11H14ClFN2O2. The first-order chi connectivity index (χ1) is 7.95. The summed E-state index contributed by atoms with van der Waals surface area (Å²) in [5.41, 5.74) is 5.91. The maximum absolute atomic E-state index is 13.3. The maximum Gasteiger partial charge on any atom is 0.274 e. The van der Waals surface area contributed by atoms with Crippen LogP contribution in [-0.4, -0.2) is 11.0 Å². The van der Waals surface area contributed by atoms with E-state index in [-0.39, 0.29) is 28.7 Å². The lowest BCUT2D eigenvalue weighted by Crippen LogP contribution is -2.22. The standard InChI is InChI=1S/C11H14ClFN2O2/c1-2-3-8(14)4-7-5-10(13)9(12)6-11(7)15(16)17/h5-6,8H,2-4,14H2,1H3. The van der Waals surface area contributed by atoms with E-state index < -0.39 is 10.7 Å². The van der Waals surface area contributed by atoms with Gasteiger partial charge in [0.15, 0.2) is 0 Å². The third-order valence-corrected chi connectivity index (χ3v) is 2.75. The quantitative estimate of drug-likeness (QED) is 0.653. The van der Waals surface area contributed by atoms with Crippen molar-refractivity contribution in [3.05, 3.63) is 38.7 Å². The molecule has 0 fully saturated rings. The molecule has 4 nitrogen and oxygen atoms in total. The fourth-order valence-electron chi connectivity index (χ4n) is 1.67. The van der Waals surface area contributed by atoms with Crippen LogP contribution >= 0.6 is 11.6 Å². The van der Waals surface area contributed by atoms with Crippen LogP contribution in [0.15, 0.2) is 12.1 Å². The Hall–Kier alpha value is -1.20. The summed E-state index contributed by atoms with van der Waals surface area (Å²) in [5.74, 6) is -0.657. The minimum Gasteiger partial charge on any atom is -0.327 e. The fraction of sp³-hybridized carbons (Fsp3) is 0.455. The van der Waals surface area contributed by atoms with Crippen molar-refractivity contribution in [2.45, 2.75) is 32.2 Å². The van der Waals surface area contributed by atoms with Crippen molar-refractivity contribution >= 4 is 17.3 Å². The van der Waals surface area contributed by atoms with Gasteiger partial charge in [0.25, 0.3) is 5.69 Å². The van der Waals surface area contributed by atoms with Crippen molar-refractivity contribution in [2.75, 3.05) is 0 Å². The van der Waals surface area contributed by atoms with Crippen LogP contribution in [0.2, 0.25) is 5.02 Å². The molecule has 1 unspecified atom stereocenters. The van der Waals surface area contributed by atoms with Crippen LogP contribution in [0.1, 0.15) is 25.3 Å². The molecule has 0 spiro atoms. The van der Waals surface area contributed by atoms with Crippen molar-refractivity contribution in [2.24, 2.45) is 5.73 Å². The predicted octanol–water partition coefficient (Wildman–Crippen LogP) is 3.06. The van der Waals surface area contributed by atoms with E-state index in [1.165, 1.54) is 0 Å². The first-order valence-electron chi connectivity index (χ1n) is 5.33. The third kappa shape index (κ3) is 3.64. The van der Waals surface area contributed by atoms with Gasteiger partial charge in [0, 0.05) is 17.7 Å². The van der Waals surface area contributed by atoms with Crippen LogP contribution in [0.3, 0.4) is 0 Å². The average Bonchev–Trinajstić information content (AvgIpc) is 2.23. The highest BCUT2D eigenvalue weighted by molar-refractivity contribution is 6.31. The lowest BCUT2D eigenvalue weighted by molar-refractivity contribution is -0.385. The summed E-state index contributed by atoms with van der Waals surface area (Å²) in [6, 6.07) is 1.92. The summed E-state index contributed by atoms with van der Waals surface area (Å²) in [7, 11) is 0. The van der Waals surface area contributed by atoms with Crippen LogP contribution < -0.4 is 5.73 Å². The average molecular weight is 261 g/mol. The zero-order valence-corrected chi connectivity index (χ0v) is 10.2. The number of nitrogens with zero attached hydrogens (tertiary/aromatic N) is 1. The summed E-state index contributed by atoms with van der Waals surface area (Å²) in [6.07, 6.45) is 1.89. The number of hydrogen-bond acceptors (Lipinski definition) is 3. The monoisotopic (exact) mass is 260 g/mol. The molecule has 0 amide bonds. The lowest BCUT2D eigenvalue weighted by Gasteiger charge is -2.10. The second-order valence-corrected chi connectivity index (χ2v) is 4.31. The van der Waals surface area contributed by atoms with Gasteiger partial charge in [-0.1, -0.05) is 24.9 Å². The maximum atomic E-state index is 13.3. The Labute approximate surface area is 104 Å². The van der Waals surface area contributed by atoms with E-state index in [1.807, 2.05) is 6.92 Å². The molecule has 0 aliphatic heterocycles. The summed E-state index contributed by atoms with van der Waals surface area (Å²) in [5, 5.41) is 10.6. The number of rotatable bonds is 5. The van der Waals surface area contributed by atoms with Crippen molar-refractivity contribution in [1.82, 2.24) is 0 Å². The van der Waals surface area contributed by atoms with E-state index in [9.17, 15) is 14.5 Å². The van der Waals surface area contributed by atoms with Gasteiger partial charge in [-0.25, -0.2) is 4.39 Å². The van der Waals surface area contributed by atoms with E-state index >= 15 is 0 Å². The topological polar surface area (TPSA) is 69.2 Å². The van der Waals surface area contributed by atoms with E-state index in [0.717, 1.165) is 25.0 Å². The van der Waals surface area contributed by atoms with Crippen LogP contribution in [0.25, 0.3) is 0 Å². The number of nitro benzene ring substituents is 1. The molecule has 2 N–H and O–H groups in total. The Bertz CT molecular complexity index is 426. The predicted molar refractivity (Wildman–Crippen MR) is 64.7 cm³/mol. The van der Waals surface area contributed by atoms with Gasteiger partial charge in [-0.3, -0.25) is 10.1 Å². The smallest absolute Gasteiger partial charge is 0.274 e. The highest BCUT2D eigenvalue weighted by atomic mass is 35.5. The SMILES string of the molecule is CCCC(N)Cc1cc(F)c(Cl)cc1[N+](=O)[O-]. The van der Waals surface area contributed by atoms with E-state index in [1.54, 1.807) is 0 Å². The van der Waals surface area contributed by atoms with Crippen molar-refractivity contribution < 1.29 is 9.31 Å². The molecule has 6 heteroatoms. The summed E-state index contributed by atoms with van der Waals surface area (Å²) < 4.78 is 13.3. The van der Waals surface area contributed by atoms with Crippen LogP contribution in [0, 0.1) is 15.9 Å². The number of halogens is 2. The number of hydrogen-bond donors (Lipinski definition) is 1. The molecule has 0 aliphatic rings. The van der Waals surface area contributed by atoms with E-state index in [2.05, 4.69) is 0 Å². The van der Waals surface area contributed by atoms with Gasteiger partial charge in [0.2, 0.25) is 0 Å². The molecule has 1 rings (SSSR count). The minimum absolute atomic E-state index is 0.178. The highest BCUT2D eigenvalue weighted by Crippen LogP contribution is 2.27. The zero-order chi connectivity index (χ0) is 13.0. The molecule has 94 valence electrons. The molecule has 0 saturated heterocycles. The molecule has 0 radical (unpaired) electrons. The van der Waals surface area contributed by atoms with Crippen LogP contribution in [0.4, 0.5) is 10.1 Å². The fourth-order valence-corrected chi connectivity index (χ4v) is 1.82. The van der Waals surface area contributed by atoms with Crippen molar-refractivity contribution in [3.63, 3.8) is 0 Å². The normalized spacial score (nSPS) is 12.5. The molecule has 1 aromatic rings. The Morgan fingerprint density at radius 2 is 2.24 bits per heavy atom. The number of nitro groups is 1. The molecular weight excluding hydrogens is 247 g/mol. The molecule has 1 aromatic carbocycles. The number of nitrogens with two attached hydrogens (primary N) is 1. The summed E-state index contributed by atoms with van der Waals surface area (Å²) in [4.78, 5) is 10.2. The van der Waals surface area contributed by atoms with Gasteiger partial charge in [0.05, 0.1) is 9.95 Å². The Balaban J connectivity index is 3.04. The highest BCUT2D eigenvalue weighted by Gasteiger charge is 2.19. The van der Waals surface area contributed by atoms with E-state index in [4.69, 9.17) is 17.3 Å². The Kier molecular flexibility index (Phi) is 4.84. The minimum atomic E-state index is -0.657. The first kappa shape index (κ1) is 13.9. The number of benzene rings is 1. The van der Waals surface area contributed by atoms with E-state index in [0.29, 0.717) is 0 Å². The van der Waals surface area contributed by atoms with Gasteiger partial charge in [0.1, 0.15) is 5.82 Å². The van der Waals surface area contributed by atoms with Gasteiger partial charge in [-0.05, 0) is 18.9 Å². The van der Waals surface area contributed by atoms with Crippen LogP contribution in [0.5, 0.6) is 0 Å². The second-order valence-electron chi connectivity index (χ2n) is 3.91. The van der Waals surface area contributed by atoms with Gasteiger partial charge >= 0.3 is 0 Å². The molecule has 0 aromatic heterocycles. The van der Waals surface area contributed by atoms with Crippen molar-refractivity contribution in [3.8, 4) is 0 Å². The molecule has 1 atom stereocenters. The summed E-state index contributed by atoms with van der Waals surface area (Å²) in [6.45, 7) is 1.97. The van der Waals surface area contributed by atoms with Crippen LogP contribution in [-0.2, 0) is 6.42 Å². The lowest BCUT2D eigenvalue weighted by atomic mass is 10.0. The van der Waals surface area contributed by atoms with Crippen molar-refractivity contribution in [1.29, 1.82) is 0 Å². The molecule has 17 heavy (non-hydrogen) atoms.